The monoisotopic (exact) mass is 371 g/mol. The van der Waals surface area contributed by atoms with E-state index in [1.54, 1.807) is 0 Å². The summed E-state index contributed by atoms with van der Waals surface area (Å²) in [5.74, 6) is 0. The molecule has 4 heteroatoms. The quantitative estimate of drug-likeness (QED) is 0.406. The molecule has 0 aliphatic heterocycles. The molecule has 0 saturated heterocycles. The van der Waals surface area contributed by atoms with Crippen LogP contribution >= 0.6 is 0 Å². The zero-order chi connectivity index (χ0) is 12.8. The average molecular weight is 371 g/mol. The molecule has 3 nitrogen and oxygen atoms in total. The molecule has 1 atom stereocenters. The summed E-state index contributed by atoms with van der Waals surface area (Å²) in [6, 6.07) is 13.8. The van der Waals surface area contributed by atoms with Crippen LogP contribution in [0.4, 0.5) is 0 Å². The number of halogens is 1. The van der Waals surface area contributed by atoms with Gasteiger partial charge in [0.15, 0.2) is 18.7 Å². The summed E-state index contributed by atoms with van der Waals surface area (Å²) in [5.41, 5.74) is 1.99. The van der Waals surface area contributed by atoms with Crippen LogP contribution in [-0.2, 0) is 18.2 Å². The molecule has 19 heavy (non-hydrogen) atoms. The van der Waals surface area contributed by atoms with Crippen LogP contribution in [0.2, 0.25) is 0 Å². The minimum atomic E-state index is -0.852. The molecule has 0 radical (unpaired) electrons. The van der Waals surface area contributed by atoms with Gasteiger partial charge in [-0.1, -0.05) is 30.3 Å². The van der Waals surface area contributed by atoms with Crippen LogP contribution in [-0.4, -0.2) is 11.7 Å². The highest BCUT2D eigenvalue weighted by atomic mass is 127. The van der Waals surface area contributed by atoms with Crippen LogP contribution in [0.3, 0.4) is 0 Å². The number of hydrogen-bond donors (Lipinski definition) is 1. The van der Waals surface area contributed by atoms with Crippen LogP contribution in [0.5, 0.6) is 0 Å². The van der Waals surface area contributed by atoms with Crippen molar-refractivity contribution >= 4 is 0 Å². The third kappa shape index (κ3) is 5.26. The van der Waals surface area contributed by atoms with E-state index >= 15 is 0 Å². The van der Waals surface area contributed by atoms with E-state index in [9.17, 15) is 5.11 Å². The molecule has 2 aromatic rings. The number of benzene rings is 1. The fourth-order valence-electron chi connectivity index (χ4n) is 1.71. The predicted molar refractivity (Wildman–Crippen MR) is 68.7 cm³/mol. The first-order valence-corrected chi connectivity index (χ1v) is 6.04. The van der Waals surface area contributed by atoms with Gasteiger partial charge < -0.3 is 33.8 Å². The highest BCUT2D eigenvalue weighted by Gasteiger charge is 2.08. The molecule has 0 spiro atoms. The highest BCUT2D eigenvalue weighted by Crippen LogP contribution is 2.12. The Labute approximate surface area is 130 Å². The van der Waals surface area contributed by atoms with Crippen LogP contribution in [0.25, 0.3) is 0 Å². The lowest BCUT2D eigenvalue weighted by atomic mass is 10.2. The first-order valence-electron chi connectivity index (χ1n) is 6.04. The van der Waals surface area contributed by atoms with E-state index in [0.717, 1.165) is 12.0 Å². The second kappa shape index (κ2) is 8.24. The molecule has 0 unspecified atom stereocenters. The molecule has 1 aromatic carbocycles. The Morgan fingerprint density at radius 2 is 1.74 bits per heavy atom. The van der Waals surface area contributed by atoms with Crippen LogP contribution < -0.4 is 28.5 Å². The second-order valence-electron chi connectivity index (χ2n) is 4.26. The molecule has 102 valence electrons. The lowest BCUT2D eigenvalue weighted by Gasteiger charge is -2.11. The van der Waals surface area contributed by atoms with Gasteiger partial charge in [0.2, 0.25) is 0 Å². The van der Waals surface area contributed by atoms with Gasteiger partial charge in [-0.2, -0.15) is 0 Å². The van der Waals surface area contributed by atoms with Crippen molar-refractivity contribution in [3.8, 4) is 0 Å². The number of aliphatic hydroxyl groups is 1. The van der Waals surface area contributed by atoms with E-state index in [2.05, 4.69) is 12.1 Å². The van der Waals surface area contributed by atoms with Crippen molar-refractivity contribution in [1.29, 1.82) is 0 Å². The molecule has 0 bridgehead atoms. The Morgan fingerprint density at radius 1 is 1.11 bits per heavy atom. The molecule has 2 rings (SSSR count). The van der Waals surface area contributed by atoms with E-state index in [0.29, 0.717) is 6.61 Å². The van der Waals surface area contributed by atoms with Crippen molar-refractivity contribution in [3.63, 3.8) is 0 Å². The van der Waals surface area contributed by atoms with Crippen molar-refractivity contribution in [3.05, 3.63) is 66.0 Å². The Balaban J connectivity index is 0.00000180. The number of aryl methyl sites for hydroxylation is 1. The highest BCUT2D eigenvalue weighted by molar-refractivity contribution is 5.14. The van der Waals surface area contributed by atoms with E-state index in [1.165, 1.54) is 5.56 Å². The number of rotatable bonds is 5. The third-order valence-electron chi connectivity index (χ3n) is 2.80. The first kappa shape index (κ1) is 16.1. The Kier molecular flexibility index (Phi) is 6.97. The van der Waals surface area contributed by atoms with E-state index in [-0.39, 0.29) is 24.0 Å². The van der Waals surface area contributed by atoms with Crippen molar-refractivity contribution in [1.82, 2.24) is 0 Å². The topological polar surface area (TPSA) is 33.3 Å². The minimum Gasteiger partial charge on any atom is -1.00 e. The molecule has 0 aliphatic carbocycles. The number of hydrogen-bond acceptors (Lipinski definition) is 2. The van der Waals surface area contributed by atoms with Crippen molar-refractivity contribution in [2.75, 3.05) is 6.61 Å². The fourth-order valence-corrected chi connectivity index (χ4v) is 1.71. The summed E-state index contributed by atoms with van der Waals surface area (Å²) in [4.78, 5) is 0. The summed E-state index contributed by atoms with van der Waals surface area (Å²) in [5, 5.41) is 9.86. The number of ether oxygens (including phenoxy) is 1. The van der Waals surface area contributed by atoms with Crippen molar-refractivity contribution < 1.29 is 38.4 Å². The summed E-state index contributed by atoms with van der Waals surface area (Å²) in [6.45, 7) is 0.506. The average Bonchev–Trinajstić information content (AvgIpc) is 2.40. The maximum atomic E-state index is 9.86. The second-order valence-corrected chi connectivity index (χ2v) is 4.26. The summed E-state index contributed by atoms with van der Waals surface area (Å²) >= 11 is 0. The standard InChI is InChI=1S/C15H18NO2.HI/c1-16-10-7-14(8-11-16)15(17)18-12-9-13-5-3-2-4-6-13;/h2-8,10-11,15,17H,9,12H2,1H3;1H/q+1;/p-1/t15-;/m0./s1. The summed E-state index contributed by atoms with van der Waals surface area (Å²) < 4.78 is 7.33. The SMILES string of the molecule is C[n+]1ccc([C@@H](O)OCCc2ccccc2)cc1.[I-]. The van der Waals surface area contributed by atoms with E-state index < -0.39 is 6.29 Å². The van der Waals surface area contributed by atoms with Crippen LogP contribution in [0.1, 0.15) is 17.4 Å². The molecule has 0 aliphatic rings. The van der Waals surface area contributed by atoms with Gasteiger partial charge in [-0.05, 0) is 12.0 Å². The molecule has 1 heterocycles. The number of pyridine rings is 1. The van der Waals surface area contributed by atoms with Crippen molar-refractivity contribution in [2.45, 2.75) is 12.7 Å². The Bertz CT molecular complexity index is 473. The third-order valence-corrected chi connectivity index (χ3v) is 2.80. The number of aliphatic hydroxyl groups excluding tert-OH is 1. The van der Waals surface area contributed by atoms with Gasteiger partial charge >= 0.3 is 0 Å². The van der Waals surface area contributed by atoms with Gasteiger partial charge in [0.05, 0.1) is 6.61 Å². The smallest absolute Gasteiger partial charge is 0.181 e. The molecule has 1 N–H and O–H groups in total. The van der Waals surface area contributed by atoms with Gasteiger partial charge in [-0.3, -0.25) is 0 Å². The van der Waals surface area contributed by atoms with Gasteiger partial charge in [0.1, 0.15) is 7.05 Å². The van der Waals surface area contributed by atoms with Gasteiger partial charge in [0, 0.05) is 17.7 Å². The molecular weight excluding hydrogens is 353 g/mol. The first-order chi connectivity index (χ1) is 8.75. The van der Waals surface area contributed by atoms with Gasteiger partial charge in [-0.25, -0.2) is 4.57 Å². The Hall–Kier alpha value is -0.980. The summed E-state index contributed by atoms with van der Waals surface area (Å²) in [6.07, 6.45) is 3.73. The lowest BCUT2D eigenvalue weighted by Crippen LogP contribution is -3.00. The van der Waals surface area contributed by atoms with E-state index in [4.69, 9.17) is 4.74 Å². The zero-order valence-electron chi connectivity index (χ0n) is 10.9. The predicted octanol–water partition coefficient (Wildman–Crippen LogP) is -1.23. The molecule has 0 fully saturated rings. The maximum absolute atomic E-state index is 9.86. The Morgan fingerprint density at radius 3 is 2.37 bits per heavy atom. The molecule has 1 aromatic heterocycles. The molecule has 0 amide bonds. The van der Waals surface area contributed by atoms with Gasteiger partial charge in [0.25, 0.3) is 0 Å². The zero-order valence-corrected chi connectivity index (χ0v) is 13.0. The van der Waals surface area contributed by atoms with Crippen LogP contribution in [0, 0.1) is 0 Å². The fraction of sp³-hybridized carbons (Fsp3) is 0.267. The minimum absolute atomic E-state index is 0. The van der Waals surface area contributed by atoms with E-state index in [1.807, 2.05) is 54.3 Å². The van der Waals surface area contributed by atoms with Crippen LogP contribution in [0.15, 0.2) is 54.9 Å². The largest absolute Gasteiger partial charge is 1.00 e. The normalized spacial score (nSPS) is 11.7. The van der Waals surface area contributed by atoms with Gasteiger partial charge in [-0.15, -0.1) is 0 Å². The maximum Gasteiger partial charge on any atom is 0.181 e. The number of nitrogens with zero attached hydrogens (tertiary/aromatic N) is 1. The van der Waals surface area contributed by atoms with Crippen molar-refractivity contribution in [2.24, 2.45) is 7.05 Å². The molecular formula is C15H18INO2. The summed E-state index contributed by atoms with van der Waals surface area (Å²) in [7, 11) is 1.94. The number of aromatic nitrogens is 1. The lowest BCUT2D eigenvalue weighted by molar-refractivity contribution is -0.671. The molecule has 0 saturated carbocycles.